The van der Waals surface area contributed by atoms with Gasteiger partial charge in [-0.15, -0.1) is 0 Å². The maximum atomic E-state index is 12.6. The lowest BCUT2D eigenvalue weighted by atomic mass is 10.2. The van der Waals surface area contributed by atoms with Crippen molar-refractivity contribution in [3.8, 4) is 0 Å². The van der Waals surface area contributed by atoms with Crippen molar-refractivity contribution in [1.29, 1.82) is 0 Å². The molecule has 1 N–H and O–H groups in total. The third-order valence-electron chi connectivity index (χ3n) is 5.00. The van der Waals surface area contributed by atoms with Gasteiger partial charge in [0.1, 0.15) is 5.56 Å². The first kappa shape index (κ1) is 16.0. The highest BCUT2D eigenvalue weighted by molar-refractivity contribution is 5.93. The zero-order valence-electron chi connectivity index (χ0n) is 13.6. The highest BCUT2D eigenvalue weighted by Gasteiger charge is 2.27. The Kier molecular flexibility index (Phi) is 4.66. The van der Waals surface area contributed by atoms with E-state index >= 15 is 0 Å². The Labute approximate surface area is 134 Å². The van der Waals surface area contributed by atoms with Crippen LogP contribution in [0.1, 0.15) is 42.5 Å². The SMILES string of the molecule is Cn1cc(C(=O)N2CCCN(C3CCCC3)CC2)c(=O)[nH]c1=O. The molecule has 23 heavy (non-hydrogen) atoms. The van der Waals surface area contributed by atoms with E-state index in [4.69, 9.17) is 0 Å². The minimum absolute atomic E-state index is 0.0430. The number of rotatable bonds is 2. The molecule has 1 aromatic rings. The van der Waals surface area contributed by atoms with E-state index in [1.165, 1.54) is 43.5 Å². The van der Waals surface area contributed by atoms with Crippen LogP contribution in [0.3, 0.4) is 0 Å². The third-order valence-corrected chi connectivity index (χ3v) is 5.00. The molecular formula is C16H24N4O3. The Bertz CT molecular complexity index is 687. The summed E-state index contributed by atoms with van der Waals surface area (Å²) in [7, 11) is 1.53. The van der Waals surface area contributed by atoms with Gasteiger partial charge in [-0.3, -0.25) is 19.5 Å². The van der Waals surface area contributed by atoms with E-state index in [0.717, 1.165) is 19.5 Å². The van der Waals surface area contributed by atoms with Crippen molar-refractivity contribution in [1.82, 2.24) is 19.4 Å². The fourth-order valence-corrected chi connectivity index (χ4v) is 3.66. The summed E-state index contributed by atoms with van der Waals surface area (Å²) in [5, 5.41) is 0. The van der Waals surface area contributed by atoms with Crippen LogP contribution in [0.4, 0.5) is 0 Å². The molecule has 7 nitrogen and oxygen atoms in total. The van der Waals surface area contributed by atoms with E-state index in [-0.39, 0.29) is 11.5 Å². The molecule has 1 amide bonds. The van der Waals surface area contributed by atoms with Crippen LogP contribution < -0.4 is 11.2 Å². The van der Waals surface area contributed by atoms with Crippen LogP contribution >= 0.6 is 0 Å². The van der Waals surface area contributed by atoms with Crippen molar-refractivity contribution >= 4 is 5.91 Å². The highest BCUT2D eigenvalue weighted by Crippen LogP contribution is 2.24. The van der Waals surface area contributed by atoms with E-state index in [2.05, 4.69) is 9.88 Å². The van der Waals surface area contributed by atoms with Gasteiger partial charge in [0, 0.05) is 45.5 Å². The maximum Gasteiger partial charge on any atom is 0.328 e. The minimum Gasteiger partial charge on any atom is -0.337 e. The molecule has 0 bridgehead atoms. The molecule has 2 aliphatic rings. The van der Waals surface area contributed by atoms with Crippen LogP contribution in [0.15, 0.2) is 15.8 Å². The van der Waals surface area contributed by atoms with Crippen LogP contribution in [0.2, 0.25) is 0 Å². The number of aryl methyl sites for hydroxylation is 1. The van der Waals surface area contributed by atoms with Gasteiger partial charge in [0.2, 0.25) is 0 Å². The number of hydrogen-bond donors (Lipinski definition) is 1. The molecule has 3 rings (SSSR count). The summed E-state index contributed by atoms with van der Waals surface area (Å²) in [6.07, 6.45) is 7.38. The maximum absolute atomic E-state index is 12.6. The molecule has 1 aromatic heterocycles. The van der Waals surface area contributed by atoms with Crippen molar-refractivity contribution in [2.45, 2.75) is 38.1 Å². The van der Waals surface area contributed by atoms with Crippen molar-refractivity contribution in [2.75, 3.05) is 26.2 Å². The Morgan fingerprint density at radius 1 is 1.09 bits per heavy atom. The lowest BCUT2D eigenvalue weighted by molar-refractivity contribution is 0.0755. The molecule has 126 valence electrons. The highest BCUT2D eigenvalue weighted by atomic mass is 16.2. The summed E-state index contributed by atoms with van der Waals surface area (Å²) in [6.45, 7) is 3.17. The number of nitrogens with zero attached hydrogens (tertiary/aromatic N) is 3. The molecule has 2 fully saturated rings. The van der Waals surface area contributed by atoms with Crippen LogP contribution in [0.5, 0.6) is 0 Å². The number of hydrogen-bond acceptors (Lipinski definition) is 4. The summed E-state index contributed by atoms with van der Waals surface area (Å²) in [5.74, 6) is -0.282. The second kappa shape index (κ2) is 6.70. The van der Waals surface area contributed by atoms with Gasteiger partial charge in [-0.05, 0) is 19.3 Å². The van der Waals surface area contributed by atoms with Gasteiger partial charge in [0.15, 0.2) is 0 Å². The van der Waals surface area contributed by atoms with Gasteiger partial charge in [0.25, 0.3) is 11.5 Å². The van der Waals surface area contributed by atoms with Gasteiger partial charge in [-0.25, -0.2) is 4.79 Å². The number of amides is 1. The van der Waals surface area contributed by atoms with Crippen molar-refractivity contribution in [2.24, 2.45) is 7.05 Å². The van der Waals surface area contributed by atoms with Crippen LogP contribution in [0.25, 0.3) is 0 Å². The Morgan fingerprint density at radius 2 is 1.83 bits per heavy atom. The van der Waals surface area contributed by atoms with E-state index in [1.807, 2.05) is 0 Å². The molecule has 1 aliphatic heterocycles. The van der Waals surface area contributed by atoms with Crippen molar-refractivity contribution in [3.63, 3.8) is 0 Å². The fraction of sp³-hybridized carbons (Fsp3) is 0.688. The molecule has 0 aromatic carbocycles. The van der Waals surface area contributed by atoms with Gasteiger partial charge >= 0.3 is 5.69 Å². The second-order valence-electron chi connectivity index (χ2n) is 6.53. The number of nitrogens with one attached hydrogen (secondary N) is 1. The smallest absolute Gasteiger partial charge is 0.328 e. The number of aromatic nitrogens is 2. The predicted molar refractivity (Wildman–Crippen MR) is 86.7 cm³/mol. The Hall–Kier alpha value is -1.89. The van der Waals surface area contributed by atoms with Gasteiger partial charge in [0.05, 0.1) is 0 Å². The number of carbonyl (C=O) groups is 1. The Morgan fingerprint density at radius 3 is 2.57 bits per heavy atom. The first-order valence-electron chi connectivity index (χ1n) is 8.39. The fourth-order valence-electron chi connectivity index (χ4n) is 3.66. The van der Waals surface area contributed by atoms with Crippen molar-refractivity contribution < 1.29 is 4.79 Å². The number of carbonyl (C=O) groups excluding carboxylic acids is 1. The van der Waals surface area contributed by atoms with Gasteiger partial charge < -0.3 is 9.47 Å². The summed E-state index contributed by atoms with van der Waals surface area (Å²) >= 11 is 0. The summed E-state index contributed by atoms with van der Waals surface area (Å²) in [5.41, 5.74) is -1.06. The molecule has 1 saturated carbocycles. The van der Waals surface area contributed by atoms with E-state index in [1.54, 1.807) is 4.90 Å². The Balaban J connectivity index is 1.72. The van der Waals surface area contributed by atoms with Gasteiger partial charge in [-0.2, -0.15) is 0 Å². The molecule has 1 aliphatic carbocycles. The zero-order chi connectivity index (χ0) is 16.4. The molecule has 2 heterocycles. The van der Waals surface area contributed by atoms with Crippen LogP contribution in [0, 0.1) is 0 Å². The first-order valence-corrected chi connectivity index (χ1v) is 8.39. The average Bonchev–Trinajstić information content (AvgIpc) is 2.95. The number of H-pyrrole nitrogens is 1. The van der Waals surface area contributed by atoms with E-state index in [9.17, 15) is 14.4 Å². The summed E-state index contributed by atoms with van der Waals surface area (Å²) in [6, 6.07) is 0.658. The second-order valence-corrected chi connectivity index (χ2v) is 6.53. The molecule has 7 heteroatoms. The van der Waals surface area contributed by atoms with Crippen molar-refractivity contribution in [3.05, 3.63) is 32.6 Å². The summed E-state index contributed by atoms with van der Waals surface area (Å²) < 4.78 is 1.23. The monoisotopic (exact) mass is 320 g/mol. The third kappa shape index (κ3) is 3.39. The average molecular weight is 320 g/mol. The van der Waals surface area contributed by atoms with Gasteiger partial charge in [-0.1, -0.05) is 12.8 Å². The topological polar surface area (TPSA) is 78.4 Å². The number of aromatic amines is 1. The molecule has 1 saturated heterocycles. The molecule has 0 radical (unpaired) electrons. The molecular weight excluding hydrogens is 296 g/mol. The standard InChI is InChI=1S/C16H24N4O3/c1-18-11-13(14(21)17-16(18)23)15(22)20-8-4-7-19(9-10-20)12-5-2-3-6-12/h11-12H,2-10H2,1H3,(H,17,21,23). The quantitative estimate of drug-likeness (QED) is 0.842. The summed E-state index contributed by atoms with van der Waals surface area (Å²) in [4.78, 5) is 42.4. The largest absolute Gasteiger partial charge is 0.337 e. The van der Waals surface area contributed by atoms with E-state index in [0.29, 0.717) is 19.1 Å². The molecule has 0 unspecified atom stereocenters. The minimum atomic E-state index is -0.602. The normalized spacial score (nSPS) is 20.7. The van der Waals surface area contributed by atoms with E-state index < -0.39 is 11.2 Å². The lowest BCUT2D eigenvalue weighted by Gasteiger charge is -2.27. The molecule has 0 atom stereocenters. The van der Waals surface area contributed by atoms with Crippen LogP contribution in [-0.4, -0.2) is 57.5 Å². The first-order chi connectivity index (χ1) is 11.1. The zero-order valence-corrected chi connectivity index (χ0v) is 13.6. The molecule has 0 spiro atoms. The predicted octanol–water partition coefficient (Wildman–Crippen LogP) is 0.164. The van der Waals surface area contributed by atoms with Crippen LogP contribution in [-0.2, 0) is 7.05 Å². The lowest BCUT2D eigenvalue weighted by Crippen LogP contribution is -2.41.